The highest BCUT2D eigenvalue weighted by Gasteiger charge is 2.18. The highest BCUT2D eigenvalue weighted by atomic mass is 19.1. The maximum Gasteiger partial charge on any atom is 0.339 e. The van der Waals surface area contributed by atoms with Crippen molar-refractivity contribution in [1.82, 2.24) is 0 Å². The fourth-order valence-electron chi connectivity index (χ4n) is 1.69. The first-order valence-corrected chi connectivity index (χ1v) is 5.84. The van der Waals surface area contributed by atoms with Crippen LogP contribution < -0.4 is 4.74 Å². The van der Waals surface area contributed by atoms with Gasteiger partial charge in [0, 0.05) is 12.1 Å². The number of carboxylic acids is 1. The topological polar surface area (TPSA) is 89.7 Å². The van der Waals surface area contributed by atoms with Crippen LogP contribution in [0, 0.1) is 22.9 Å². The summed E-state index contributed by atoms with van der Waals surface area (Å²) >= 11 is 0. The SMILES string of the molecule is Cc1ccc(F)cc1Oc1cc([N+](=O)[O-])ccc1C(=O)O. The van der Waals surface area contributed by atoms with Gasteiger partial charge in [0.25, 0.3) is 5.69 Å². The number of nitro groups is 1. The molecule has 2 rings (SSSR count). The van der Waals surface area contributed by atoms with E-state index in [0.29, 0.717) is 5.56 Å². The number of hydrogen-bond donors (Lipinski definition) is 1. The predicted octanol–water partition coefficient (Wildman–Crippen LogP) is 3.53. The lowest BCUT2D eigenvalue weighted by Crippen LogP contribution is -2.02. The molecule has 21 heavy (non-hydrogen) atoms. The fraction of sp³-hybridized carbons (Fsp3) is 0.0714. The number of aryl methyl sites for hydroxylation is 1. The van der Waals surface area contributed by atoms with Gasteiger partial charge in [0.15, 0.2) is 0 Å². The summed E-state index contributed by atoms with van der Waals surface area (Å²) in [6, 6.07) is 6.91. The van der Waals surface area contributed by atoms with Crippen molar-refractivity contribution in [1.29, 1.82) is 0 Å². The van der Waals surface area contributed by atoms with Crippen molar-refractivity contribution >= 4 is 11.7 Å². The van der Waals surface area contributed by atoms with Crippen molar-refractivity contribution in [3.63, 3.8) is 0 Å². The number of halogens is 1. The molecule has 1 N–H and O–H groups in total. The lowest BCUT2D eigenvalue weighted by molar-refractivity contribution is -0.384. The van der Waals surface area contributed by atoms with Crippen LogP contribution in [-0.4, -0.2) is 16.0 Å². The average Bonchev–Trinajstić information content (AvgIpc) is 2.42. The van der Waals surface area contributed by atoms with E-state index in [4.69, 9.17) is 9.84 Å². The van der Waals surface area contributed by atoms with Crippen LogP contribution in [0.15, 0.2) is 36.4 Å². The quantitative estimate of drug-likeness (QED) is 0.687. The van der Waals surface area contributed by atoms with Gasteiger partial charge in [0.2, 0.25) is 0 Å². The number of rotatable bonds is 4. The van der Waals surface area contributed by atoms with Crippen LogP contribution in [0.5, 0.6) is 11.5 Å². The van der Waals surface area contributed by atoms with Crippen molar-refractivity contribution in [3.05, 3.63) is 63.5 Å². The van der Waals surface area contributed by atoms with Gasteiger partial charge in [-0.1, -0.05) is 6.07 Å². The van der Waals surface area contributed by atoms with E-state index in [2.05, 4.69) is 0 Å². The summed E-state index contributed by atoms with van der Waals surface area (Å²) in [6.45, 7) is 1.65. The molecule has 0 aromatic heterocycles. The Hall–Kier alpha value is -2.96. The van der Waals surface area contributed by atoms with Crippen molar-refractivity contribution in [3.8, 4) is 11.5 Å². The molecule has 0 radical (unpaired) electrons. The van der Waals surface area contributed by atoms with E-state index in [0.717, 1.165) is 24.3 Å². The zero-order valence-electron chi connectivity index (χ0n) is 10.9. The number of benzene rings is 2. The van der Waals surface area contributed by atoms with E-state index in [-0.39, 0.29) is 22.7 Å². The molecule has 0 bridgehead atoms. The van der Waals surface area contributed by atoms with Crippen molar-refractivity contribution in [2.75, 3.05) is 0 Å². The normalized spacial score (nSPS) is 10.2. The molecule has 0 aliphatic carbocycles. The second-order valence-corrected chi connectivity index (χ2v) is 4.25. The molecular formula is C14H10FNO5. The molecule has 0 saturated heterocycles. The highest BCUT2D eigenvalue weighted by Crippen LogP contribution is 2.31. The van der Waals surface area contributed by atoms with Gasteiger partial charge in [-0.25, -0.2) is 9.18 Å². The van der Waals surface area contributed by atoms with E-state index in [1.54, 1.807) is 6.92 Å². The first-order valence-electron chi connectivity index (χ1n) is 5.84. The molecule has 2 aromatic rings. The Kier molecular flexibility index (Phi) is 3.84. The maximum atomic E-state index is 13.2. The largest absolute Gasteiger partial charge is 0.478 e. The van der Waals surface area contributed by atoms with Crippen LogP contribution >= 0.6 is 0 Å². The molecule has 0 saturated carbocycles. The molecule has 0 aliphatic heterocycles. The number of ether oxygens (including phenoxy) is 1. The number of nitrogens with zero attached hydrogens (tertiary/aromatic N) is 1. The Balaban J connectivity index is 2.50. The molecule has 0 aliphatic rings. The smallest absolute Gasteiger partial charge is 0.339 e. The van der Waals surface area contributed by atoms with Gasteiger partial charge in [-0.15, -0.1) is 0 Å². The Bertz CT molecular complexity index is 729. The van der Waals surface area contributed by atoms with E-state index in [1.165, 1.54) is 12.1 Å². The van der Waals surface area contributed by atoms with Crippen molar-refractivity contribution < 1.29 is 24.0 Å². The molecule has 0 amide bonds. The first kappa shape index (κ1) is 14.4. The van der Waals surface area contributed by atoms with Gasteiger partial charge in [-0.3, -0.25) is 10.1 Å². The minimum absolute atomic E-state index is 0.0954. The number of hydrogen-bond acceptors (Lipinski definition) is 4. The summed E-state index contributed by atoms with van der Waals surface area (Å²) in [4.78, 5) is 21.2. The monoisotopic (exact) mass is 291 g/mol. The molecule has 6 nitrogen and oxygen atoms in total. The third-order valence-electron chi connectivity index (χ3n) is 2.78. The zero-order chi connectivity index (χ0) is 15.6. The molecule has 2 aromatic carbocycles. The van der Waals surface area contributed by atoms with Crippen molar-refractivity contribution in [2.45, 2.75) is 6.92 Å². The molecule has 0 heterocycles. The Labute approximate surface area is 118 Å². The Morgan fingerprint density at radius 1 is 1.24 bits per heavy atom. The van der Waals surface area contributed by atoms with Gasteiger partial charge in [0.05, 0.1) is 11.0 Å². The number of carboxylic acid groups (broad SMARTS) is 1. The second-order valence-electron chi connectivity index (χ2n) is 4.25. The van der Waals surface area contributed by atoms with Crippen LogP contribution in [0.4, 0.5) is 10.1 Å². The Morgan fingerprint density at radius 2 is 1.95 bits per heavy atom. The minimum atomic E-state index is -1.30. The number of aromatic carboxylic acids is 1. The minimum Gasteiger partial charge on any atom is -0.478 e. The number of non-ortho nitro benzene ring substituents is 1. The number of carbonyl (C=O) groups is 1. The van der Waals surface area contributed by atoms with Crippen LogP contribution in [0.25, 0.3) is 0 Å². The average molecular weight is 291 g/mol. The van der Waals surface area contributed by atoms with E-state index in [9.17, 15) is 19.3 Å². The summed E-state index contributed by atoms with van der Waals surface area (Å²) in [5.41, 5.74) is 0.00700. The van der Waals surface area contributed by atoms with Crippen LogP contribution in [0.2, 0.25) is 0 Å². The van der Waals surface area contributed by atoms with Crippen LogP contribution in [0.1, 0.15) is 15.9 Å². The van der Waals surface area contributed by atoms with Crippen LogP contribution in [-0.2, 0) is 0 Å². The third kappa shape index (κ3) is 3.14. The lowest BCUT2D eigenvalue weighted by Gasteiger charge is -2.11. The maximum absolute atomic E-state index is 13.2. The second kappa shape index (κ2) is 5.58. The molecule has 0 unspecified atom stereocenters. The van der Waals surface area contributed by atoms with Gasteiger partial charge >= 0.3 is 5.97 Å². The molecule has 0 atom stereocenters. The summed E-state index contributed by atoms with van der Waals surface area (Å²) in [7, 11) is 0. The standard InChI is InChI=1S/C14H10FNO5/c1-8-2-3-9(15)6-12(8)21-13-7-10(16(19)20)4-5-11(13)14(17)18/h2-7H,1H3,(H,17,18). The zero-order valence-corrected chi connectivity index (χ0v) is 10.9. The lowest BCUT2D eigenvalue weighted by atomic mass is 10.1. The molecular weight excluding hydrogens is 281 g/mol. The van der Waals surface area contributed by atoms with Gasteiger partial charge in [0.1, 0.15) is 22.9 Å². The van der Waals surface area contributed by atoms with Gasteiger partial charge in [-0.05, 0) is 24.6 Å². The summed E-state index contributed by atoms with van der Waals surface area (Å²) < 4.78 is 18.6. The molecule has 0 spiro atoms. The Morgan fingerprint density at radius 3 is 2.57 bits per heavy atom. The van der Waals surface area contributed by atoms with Crippen LogP contribution in [0.3, 0.4) is 0 Å². The van der Waals surface area contributed by atoms with Gasteiger partial charge < -0.3 is 9.84 Å². The first-order chi connectivity index (χ1) is 9.88. The summed E-state index contributed by atoms with van der Waals surface area (Å²) in [6.07, 6.45) is 0. The van der Waals surface area contributed by atoms with E-state index < -0.39 is 16.7 Å². The summed E-state index contributed by atoms with van der Waals surface area (Å²) in [5, 5.41) is 19.8. The third-order valence-corrected chi connectivity index (χ3v) is 2.78. The van der Waals surface area contributed by atoms with Crippen molar-refractivity contribution in [2.24, 2.45) is 0 Å². The fourth-order valence-corrected chi connectivity index (χ4v) is 1.69. The number of nitro benzene ring substituents is 1. The predicted molar refractivity (Wildman–Crippen MR) is 71.3 cm³/mol. The van der Waals surface area contributed by atoms with Gasteiger partial charge in [-0.2, -0.15) is 0 Å². The molecule has 108 valence electrons. The molecule has 0 fully saturated rings. The highest BCUT2D eigenvalue weighted by molar-refractivity contribution is 5.91. The van der Waals surface area contributed by atoms with E-state index in [1.807, 2.05) is 0 Å². The van der Waals surface area contributed by atoms with E-state index >= 15 is 0 Å². The summed E-state index contributed by atoms with van der Waals surface area (Å²) in [5.74, 6) is -1.98. The molecule has 7 heteroatoms.